The molecule has 1 aromatic heterocycles. The van der Waals surface area contributed by atoms with Crippen molar-refractivity contribution in [1.82, 2.24) is 9.13 Å². The van der Waals surface area contributed by atoms with E-state index in [0.717, 1.165) is 49.1 Å². The molecule has 4 heteroatoms. The molecule has 0 fully saturated rings. The van der Waals surface area contributed by atoms with Gasteiger partial charge >= 0.3 is 0 Å². The first-order valence-electron chi connectivity index (χ1n) is 8.71. The minimum absolute atomic E-state index is 0.587. The van der Waals surface area contributed by atoms with Crippen LogP contribution in [0.3, 0.4) is 0 Å². The molecule has 3 aromatic rings. The Labute approximate surface area is 142 Å². The van der Waals surface area contributed by atoms with Crippen molar-refractivity contribution in [1.29, 1.82) is 5.41 Å². The second-order valence-corrected chi connectivity index (χ2v) is 5.98. The van der Waals surface area contributed by atoms with Crippen LogP contribution in [0.1, 0.15) is 26.2 Å². The number of aryl methyl sites for hydroxylation is 2. The maximum Gasteiger partial charge on any atom is 0.202 e. The van der Waals surface area contributed by atoms with Gasteiger partial charge in [0.15, 0.2) is 0 Å². The SMILES string of the molecule is CCCCn1c(=N)n(CCCOc2ccccc2)c2ccccc21. The van der Waals surface area contributed by atoms with Crippen molar-refractivity contribution in [3.63, 3.8) is 0 Å². The third kappa shape index (κ3) is 3.53. The third-order valence-electron chi connectivity index (χ3n) is 4.25. The lowest BCUT2D eigenvalue weighted by atomic mass is 10.3. The minimum atomic E-state index is 0.587. The van der Waals surface area contributed by atoms with Crippen molar-refractivity contribution < 1.29 is 4.74 Å². The van der Waals surface area contributed by atoms with Crippen LogP contribution in [0.15, 0.2) is 54.6 Å². The number of rotatable bonds is 8. The highest BCUT2D eigenvalue weighted by Gasteiger charge is 2.09. The quantitative estimate of drug-likeness (QED) is 0.621. The van der Waals surface area contributed by atoms with E-state index in [9.17, 15) is 0 Å². The summed E-state index contributed by atoms with van der Waals surface area (Å²) >= 11 is 0. The van der Waals surface area contributed by atoms with Crippen molar-refractivity contribution in [2.45, 2.75) is 39.3 Å². The van der Waals surface area contributed by atoms with Gasteiger partial charge in [0.1, 0.15) is 5.75 Å². The molecular formula is C20H25N3O. The Balaban J connectivity index is 1.72. The molecule has 0 aliphatic carbocycles. The number of nitrogens with one attached hydrogen (secondary N) is 1. The molecule has 0 bridgehead atoms. The summed E-state index contributed by atoms with van der Waals surface area (Å²) in [6.07, 6.45) is 3.12. The van der Waals surface area contributed by atoms with Crippen molar-refractivity contribution >= 4 is 11.0 Å². The lowest BCUT2D eigenvalue weighted by Gasteiger charge is -2.07. The van der Waals surface area contributed by atoms with Crippen LogP contribution in [0.5, 0.6) is 5.75 Å². The van der Waals surface area contributed by atoms with Gasteiger partial charge in [-0.2, -0.15) is 0 Å². The highest BCUT2D eigenvalue weighted by Crippen LogP contribution is 2.14. The Morgan fingerprint density at radius 1 is 0.833 bits per heavy atom. The molecule has 0 saturated carbocycles. The van der Waals surface area contributed by atoms with E-state index < -0.39 is 0 Å². The summed E-state index contributed by atoms with van der Waals surface area (Å²) in [6.45, 7) is 4.55. The number of nitrogens with zero attached hydrogens (tertiary/aromatic N) is 2. The highest BCUT2D eigenvalue weighted by molar-refractivity contribution is 5.75. The third-order valence-corrected chi connectivity index (χ3v) is 4.25. The van der Waals surface area contributed by atoms with Crippen LogP contribution in [0.4, 0.5) is 0 Å². The molecule has 0 unspecified atom stereocenters. The van der Waals surface area contributed by atoms with Crippen LogP contribution in [0.2, 0.25) is 0 Å². The van der Waals surface area contributed by atoms with Crippen LogP contribution < -0.4 is 10.4 Å². The van der Waals surface area contributed by atoms with Gasteiger partial charge in [0.05, 0.1) is 17.6 Å². The van der Waals surface area contributed by atoms with Crippen LogP contribution >= 0.6 is 0 Å². The van der Waals surface area contributed by atoms with Gasteiger partial charge in [0.25, 0.3) is 0 Å². The monoisotopic (exact) mass is 323 g/mol. The van der Waals surface area contributed by atoms with Gasteiger partial charge in [-0.1, -0.05) is 43.7 Å². The van der Waals surface area contributed by atoms with Crippen LogP contribution in [-0.2, 0) is 13.1 Å². The molecule has 1 N–H and O–H groups in total. The van der Waals surface area contributed by atoms with Gasteiger partial charge in [-0.3, -0.25) is 5.41 Å². The molecule has 24 heavy (non-hydrogen) atoms. The number of imidazole rings is 1. The lowest BCUT2D eigenvalue weighted by molar-refractivity contribution is 0.301. The first kappa shape index (κ1) is 16.4. The molecular weight excluding hydrogens is 298 g/mol. The molecule has 3 rings (SSSR count). The standard InChI is InChI=1S/C20H25N3O/c1-2-3-14-22-18-12-7-8-13-19(18)23(20(22)21)15-9-16-24-17-10-5-4-6-11-17/h4-8,10-13,21H,2-3,9,14-16H2,1H3. The zero-order valence-corrected chi connectivity index (χ0v) is 14.2. The number of aromatic nitrogens is 2. The Kier molecular flexibility index (Phi) is 5.36. The van der Waals surface area contributed by atoms with E-state index in [0.29, 0.717) is 12.2 Å². The fraction of sp³-hybridized carbons (Fsp3) is 0.350. The molecule has 0 aliphatic heterocycles. The first-order valence-corrected chi connectivity index (χ1v) is 8.71. The predicted molar refractivity (Wildman–Crippen MR) is 97.2 cm³/mol. The van der Waals surface area contributed by atoms with E-state index in [2.05, 4.69) is 28.2 Å². The predicted octanol–water partition coefficient (Wildman–Crippen LogP) is 4.19. The van der Waals surface area contributed by atoms with Gasteiger partial charge in [-0.25, -0.2) is 0 Å². The average Bonchev–Trinajstić information content (AvgIpc) is 2.89. The summed E-state index contributed by atoms with van der Waals surface area (Å²) in [6, 6.07) is 18.2. The maximum absolute atomic E-state index is 8.54. The molecule has 2 aromatic carbocycles. The first-order chi connectivity index (χ1) is 11.8. The lowest BCUT2D eigenvalue weighted by Crippen LogP contribution is -2.25. The zero-order valence-electron chi connectivity index (χ0n) is 14.2. The fourth-order valence-electron chi connectivity index (χ4n) is 2.99. The number of benzene rings is 2. The van der Waals surface area contributed by atoms with E-state index in [1.807, 2.05) is 42.5 Å². The summed E-state index contributed by atoms with van der Waals surface area (Å²) in [5, 5.41) is 8.54. The van der Waals surface area contributed by atoms with Crippen molar-refractivity contribution in [3.05, 3.63) is 60.2 Å². The summed E-state index contributed by atoms with van der Waals surface area (Å²) in [5.41, 5.74) is 2.88. The summed E-state index contributed by atoms with van der Waals surface area (Å²) in [4.78, 5) is 0. The number of unbranched alkanes of at least 4 members (excludes halogenated alkanes) is 1. The van der Waals surface area contributed by atoms with Crippen molar-refractivity contribution in [2.75, 3.05) is 6.61 Å². The Bertz CT molecular complexity index is 833. The molecule has 0 aliphatic rings. The van der Waals surface area contributed by atoms with E-state index in [1.54, 1.807) is 0 Å². The Hall–Kier alpha value is -2.49. The second kappa shape index (κ2) is 7.86. The Morgan fingerprint density at radius 3 is 2.04 bits per heavy atom. The van der Waals surface area contributed by atoms with Gasteiger partial charge in [0.2, 0.25) is 5.62 Å². The normalized spacial score (nSPS) is 11.0. The summed E-state index contributed by atoms with van der Waals surface area (Å²) in [7, 11) is 0. The zero-order chi connectivity index (χ0) is 16.8. The van der Waals surface area contributed by atoms with E-state index in [4.69, 9.17) is 10.1 Å². The minimum Gasteiger partial charge on any atom is -0.494 e. The Morgan fingerprint density at radius 2 is 1.42 bits per heavy atom. The fourth-order valence-corrected chi connectivity index (χ4v) is 2.99. The topological polar surface area (TPSA) is 42.9 Å². The molecule has 0 amide bonds. The van der Waals surface area contributed by atoms with E-state index in [-0.39, 0.29) is 0 Å². The molecule has 0 spiro atoms. The smallest absolute Gasteiger partial charge is 0.202 e. The summed E-state index contributed by atoms with van der Waals surface area (Å²) < 4.78 is 9.99. The highest BCUT2D eigenvalue weighted by atomic mass is 16.5. The van der Waals surface area contributed by atoms with Crippen molar-refractivity contribution in [2.24, 2.45) is 0 Å². The van der Waals surface area contributed by atoms with Gasteiger partial charge < -0.3 is 13.9 Å². The number of fused-ring (bicyclic) bond motifs is 1. The van der Waals surface area contributed by atoms with Crippen molar-refractivity contribution in [3.8, 4) is 5.75 Å². The van der Waals surface area contributed by atoms with E-state index in [1.165, 1.54) is 0 Å². The van der Waals surface area contributed by atoms with Crippen LogP contribution in [0.25, 0.3) is 11.0 Å². The van der Waals surface area contributed by atoms with Gasteiger partial charge in [-0.05, 0) is 37.1 Å². The van der Waals surface area contributed by atoms with E-state index >= 15 is 0 Å². The van der Waals surface area contributed by atoms with Gasteiger partial charge in [-0.15, -0.1) is 0 Å². The number of hydrogen-bond donors (Lipinski definition) is 1. The second-order valence-electron chi connectivity index (χ2n) is 5.98. The summed E-state index contributed by atoms with van der Waals surface area (Å²) in [5.74, 6) is 0.902. The maximum atomic E-state index is 8.54. The number of hydrogen-bond acceptors (Lipinski definition) is 2. The molecule has 0 atom stereocenters. The van der Waals surface area contributed by atoms with Crippen LogP contribution in [0, 0.1) is 5.41 Å². The number of ether oxygens (including phenoxy) is 1. The molecule has 4 nitrogen and oxygen atoms in total. The molecule has 1 heterocycles. The molecule has 126 valence electrons. The van der Waals surface area contributed by atoms with Gasteiger partial charge in [0, 0.05) is 13.1 Å². The van der Waals surface area contributed by atoms with Crippen LogP contribution in [-0.4, -0.2) is 15.7 Å². The molecule has 0 saturated heterocycles. The largest absolute Gasteiger partial charge is 0.494 e. The molecule has 0 radical (unpaired) electrons. The average molecular weight is 323 g/mol. The number of para-hydroxylation sites is 3.